The van der Waals surface area contributed by atoms with Crippen LogP contribution in [0.3, 0.4) is 0 Å². The Bertz CT molecular complexity index is 887. The fourth-order valence-corrected chi connectivity index (χ4v) is 3.35. The molecule has 0 bridgehead atoms. The summed E-state index contributed by atoms with van der Waals surface area (Å²) in [5.41, 5.74) is -0.0748. The predicted octanol–water partition coefficient (Wildman–Crippen LogP) is 4.25. The van der Waals surface area contributed by atoms with Gasteiger partial charge in [-0.3, -0.25) is 4.79 Å². The summed E-state index contributed by atoms with van der Waals surface area (Å²) in [6.07, 6.45) is 0.0416. The molecular weight excluding hydrogens is 490 g/mol. The van der Waals surface area contributed by atoms with Crippen molar-refractivity contribution in [3.05, 3.63) is 34.9 Å². The Morgan fingerprint density at radius 3 is 2.25 bits per heavy atom. The van der Waals surface area contributed by atoms with Crippen molar-refractivity contribution in [3.63, 3.8) is 0 Å². The zero-order valence-electron chi connectivity index (χ0n) is 21.6. The molecule has 3 amide bonds. The Balaban J connectivity index is 2.59. The van der Waals surface area contributed by atoms with E-state index in [2.05, 4.69) is 16.0 Å². The zero-order valence-corrected chi connectivity index (χ0v) is 22.3. The van der Waals surface area contributed by atoms with Gasteiger partial charge in [-0.05, 0) is 58.4 Å². The molecule has 0 heterocycles. The molecule has 0 aliphatic carbocycles. The van der Waals surface area contributed by atoms with Crippen LogP contribution in [0.2, 0.25) is 5.02 Å². The number of carboxylic acid groups (broad SMARTS) is 1. The highest BCUT2D eigenvalue weighted by Crippen LogP contribution is 2.15. The summed E-state index contributed by atoms with van der Waals surface area (Å²) in [6, 6.07) is 4.97. The van der Waals surface area contributed by atoms with Crippen LogP contribution in [0, 0.1) is 5.92 Å². The predicted molar refractivity (Wildman–Crippen MR) is 136 cm³/mol. The van der Waals surface area contributed by atoms with Crippen molar-refractivity contribution in [2.45, 2.75) is 84.6 Å². The van der Waals surface area contributed by atoms with Crippen LogP contribution >= 0.6 is 11.6 Å². The smallest absolute Gasteiger partial charge is 0.408 e. The second kappa shape index (κ2) is 15.2. The second-order valence-electron chi connectivity index (χ2n) is 9.82. The van der Waals surface area contributed by atoms with E-state index in [4.69, 9.17) is 21.1 Å². The number of aliphatic carboxylic acids is 1. The van der Waals surface area contributed by atoms with Crippen LogP contribution in [0.25, 0.3) is 0 Å². The lowest BCUT2D eigenvalue weighted by atomic mass is 10.0. The number of unbranched alkanes of at least 4 members (excludes halogenated alkanes) is 1. The lowest BCUT2D eigenvalue weighted by molar-refractivity contribution is -0.142. The summed E-state index contributed by atoms with van der Waals surface area (Å²) in [4.78, 5) is 48.5. The molecule has 0 radical (unpaired) electrons. The maximum atomic E-state index is 12.8. The molecule has 10 nitrogen and oxygen atoms in total. The molecule has 1 aromatic carbocycles. The van der Waals surface area contributed by atoms with Gasteiger partial charge in [-0.15, -0.1) is 0 Å². The topological polar surface area (TPSA) is 143 Å². The van der Waals surface area contributed by atoms with Crippen molar-refractivity contribution in [2.75, 3.05) is 6.54 Å². The molecule has 11 heteroatoms. The van der Waals surface area contributed by atoms with Gasteiger partial charge in [0.05, 0.1) is 0 Å². The minimum atomic E-state index is -1.15. The Morgan fingerprint density at radius 2 is 1.67 bits per heavy atom. The molecule has 202 valence electrons. The molecule has 0 unspecified atom stereocenters. The zero-order chi connectivity index (χ0) is 27.3. The molecule has 36 heavy (non-hydrogen) atoms. The van der Waals surface area contributed by atoms with Crippen molar-refractivity contribution in [2.24, 2.45) is 5.92 Å². The fraction of sp³-hybridized carbons (Fsp3) is 0.600. The Hall–Kier alpha value is -3.01. The average molecular weight is 528 g/mol. The first kappa shape index (κ1) is 31.0. The third-order valence-corrected chi connectivity index (χ3v) is 5.20. The van der Waals surface area contributed by atoms with Gasteiger partial charge in [0.1, 0.15) is 24.3 Å². The normalized spacial score (nSPS) is 12.9. The van der Waals surface area contributed by atoms with Crippen LogP contribution in [0.5, 0.6) is 0 Å². The number of rotatable bonds is 13. The maximum absolute atomic E-state index is 12.8. The molecule has 0 aliphatic rings. The Kier molecular flexibility index (Phi) is 13.1. The minimum absolute atomic E-state index is 0.0364. The lowest BCUT2D eigenvalue weighted by Crippen LogP contribution is -2.52. The van der Waals surface area contributed by atoms with Crippen LogP contribution in [0.15, 0.2) is 24.3 Å². The first-order valence-electron chi connectivity index (χ1n) is 11.9. The number of hydrogen-bond donors (Lipinski definition) is 4. The molecule has 2 atom stereocenters. The Labute approximate surface area is 217 Å². The van der Waals surface area contributed by atoms with Crippen molar-refractivity contribution in [3.8, 4) is 0 Å². The molecule has 0 aliphatic heterocycles. The molecule has 1 rings (SSSR count). The minimum Gasteiger partial charge on any atom is -0.480 e. The number of halogens is 1. The van der Waals surface area contributed by atoms with E-state index in [-0.39, 0.29) is 31.9 Å². The van der Waals surface area contributed by atoms with Crippen molar-refractivity contribution >= 4 is 35.7 Å². The Morgan fingerprint density at radius 1 is 1.00 bits per heavy atom. The van der Waals surface area contributed by atoms with E-state index in [0.29, 0.717) is 23.4 Å². The van der Waals surface area contributed by atoms with Crippen LogP contribution in [-0.2, 0) is 25.7 Å². The van der Waals surface area contributed by atoms with Crippen LogP contribution < -0.4 is 16.0 Å². The number of carbonyl (C=O) groups excluding carboxylic acids is 3. The second-order valence-corrected chi connectivity index (χ2v) is 10.2. The summed E-state index contributed by atoms with van der Waals surface area (Å²) in [5, 5.41) is 17.6. The first-order chi connectivity index (χ1) is 16.8. The lowest BCUT2D eigenvalue weighted by Gasteiger charge is -2.25. The van der Waals surface area contributed by atoms with E-state index in [0.717, 1.165) is 0 Å². The largest absolute Gasteiger partial charge is 0.480 e. The highest BCUT2D eigenvalue weighted by molar-refractivity contribution is 6.31. The molecule has 0 fully saturated rings. The van der Waals surface area contributed by atoms with Crippen molar-refractivity contribution in [1.29, 1.82) is 0 Å². The van der Waals surface area contributed by atoms with Gasteiger partial charge in [-0.1, -0.05) is 43.6 Å². The number of carbonyl (C=O) groups is 4. The van der Waals surface area contributed by atoms with E-state index in [1.165, 1.54) is 0 Å². The number of benzene rings is 1. The average Bonchev–Trinajstić information content (AvgIpc) is 2.75. The van der Waals surface area contributed by atoms with Crippen molar-refractivity contribution < 1.29 is 33.8 Å². The van der Waals surface area contributed by atoms with Gasteiger partial charge < -0.3 is 30.5 Å². The van der Waals surface area contributed by atoms with Crippen LogP contribution in [0.4, 0.5) is 9.59 Å². The van der Waals surface area contributed by atoms with Gasteiger partial charge in [-0.25, -0.2) is 14.4 Å². The van der Waals surface area contributed by atoms with Crippen LogP contribution in [0.1, 0.15) is 65.9 Å². The summed E-state index contributed by atoms with van der Waals surface area (Å²) in [6.45, 7) is 9.11. The summed E-state index contributed by atoms with van der Waals surface area (Å²) >= 11 is 6.04. The van der Waals surface area contributed by atoms with Crippen molar-refractivity contribution in [1.82, 2.24) is 16.0 Å². The molecule has 0 saturated carbocycles. The third kappa shape index (κ3) is 13.2. The van der Waals surface area contributed by atoms with Gasteiger partial charge in [-0.2, -0.15) is 0 Å². The van der Waals surface area contributed by atoms with E-state index in [9.17, 15) is 24.3 Å². The highest BCUT2D eigenvalue weighted by atomic mass is 35.5. The monoisotopic (exact) mass is 527 g/mol. The molecule has 0 saturated heterocycles. The molecule has 1 aromatic rings. The van der Waals surface area contributed by atoms with Gasteiger partial charge >= 0.3 is 18.2 Å². The molecule has 0 spiro atoms. The van der Waals surface area contributed by atoms with Gasteiger partial charge in [0.15, 0.2) is 0 Å². The van der Waals surface area contributed by atoms with Gasteiger partial charge in [0.2, 0.25) is 5.91 Å². The molecular formula is C25H38ClN3O7. The highest BCUT2D eigenvalue weighted by Gasteiger charge is 2.28. The number of hydrogen-bond acceptors (Lipinski definition) is 6. The summed E-state index contributed by atoms with van der Waals surface area (Å²) in [5.74, 6) is -1.71. The molecule has 0 aromatic heterocycles. The number of alkyl carbamates (subject to hydrolysis) is 2. The summed E-state index contributed by atoms with van der Waals surface area (Å²) < 4.78 is 10.4. The molecule has 4 N–H and O–H groups in total. The van der Waals surface area contributed by atoms with E-state index in [1.807, 2.05) is 13.8 Å². The number of amides is 3. The van der Waals surface area contributed by atoms with E-state index >= 15 is 0 Å². The van der Waals surface area contributed by atoms with E-state index in [1.54, 1.807) is 45.0 Å². The SMILES string of the molecule is CC(C)C[C@H](NC(=O)[C@H](CCCCNC(=O)OCc1ccccc1Cl)NC(=O)OC(C)(C)C)C(=O)O. The fourth-order valence-electron chi connectivity index (χ4n) is 3.16. The standard InChI is InChI=1S/C25H38ClN3O7/c1-16(2)14-20(22(31)32)28-21(30)19(29-24(34)36-25(3,4)5)12-8-9-13-27-23(33)35-15-17-10-6-7-11-18(17)26/h6-7,10-11,16,19-20H,8-9,12-15H2,1-5H3,(H,27,33)(H,28,30)(H,29,34)(H,31,32)/t19-,20-/m0/s1. The van der Waals surface area contributed by atoms with E-state index < -0.39 is 41.7 Å². The number of nitrogens with one attached hydrogen (secondary N) is 3. The van der Waals surface area contributed by atoms with Gasteiger partial charge in [0, 0.05) is 17.1 Å². The number of ether oxygens (including phenoxy) is 2. The first-order valence-corrected chi connectivity index (χ1v) is 12.3. The maximum Gasteiger partial charge on any atom is 0.408 e. The number of carboxylic acids is 1. The third-order valence-electron chi connectivity index (χ3n) is 4.83. The van der Waals surface area contributed by atoms with Crippen LogP contribution in [-0.4, -0.2) is 53.4 Å². The quantitative estimate of drug-likeness (QED) is 0.281. The summed E-state index contributed by atoms with van der Waals surface area (Å²) in [7, 11) is 0. The van der Waals surface area contributed by atoms with Gasteiger partial charge in [0.25, 0.3) is 0 Å².